The quantitative estimate of drug-likeness (QED) is 0.574. The standard InChI is InChI=1S/C8H15NO2/c1-9-8(11)6-2-4-7(10)5-3-6/h6-7,10H,2-5H2,1H3,(H,9,11)/t6-,7+. The third-order valence-electron chi connectivity index (χ3n) is 2.31. The van der Waals surface area contributed by atoms with Gasteiger partial charge in [0.25, 0.3) is 0 Å². The average Bonchev–Trinajstić information content (AvgIpc) is 2.05. The molecule has 0 atom stereocenters. The van der Waals surface area contributed by atoms with Crippen molar-refractivity contribution >= 4 is 5.91 Å². The Bertz CT molecular complexity index is 139. The van der Waals surface area contributed by atoms with Crippen LogP contribution >= 0.6 is 0 Å². The molecule has 0 heterocycles. The number of rotatable bonds is 1. The molecule has 64 valence electrons. The number of carbonyl (C=O) groups is 1. The van der Waals surface area contributed by atoms with E-state index in [1.165, 1.54) is 0 Å². The molecule has 0 aromatic rings. The lowest BCUT2D eigenvalue weighted by atomic mass is 9.87. The molecule has 1 saturated carbocycles. The maximum absolute atomic E-state index is 11.1. The van der Waals surface area contributed by atoms with Crippen molar-refractivity contribution in [3.05, 3.63) is 0 Å². The summed E-state index contributed by atoms with van der Waals surface area (Å²) in [5.74, 6) is 0.264. The lowest BCUT2D eigenvalue weighted by Gasteiger charge is -2.23. The van der Waals surface area contributed by atoms with Gasteiger partial charge < -0.3 is 10.4 Å². The van der Waals surface area contributed by atoms with Gasteiger partial charge in [-0.1, -0.05) is 0 Å². The van der Waals surface area contributed by atoms with Crippen LogP contribution in [0.25, 0.3) is 0 Å². The van der Waals surface area contributed by atoms with E-state index in [0.717, 1.165) is 25.7 Å². The first-order valence-electron chi connectivity index (χ1n) is 4.13. The smallest absolute Gasteiger partial charge is 0.222 e. The highest BCUT2D eigenvalue weighted by Crippen LogP contribution is 2.23. The molecule has 3 heteroatoms. The monoisotopic (exact) mass is 157 g/mol. The van der Waals surface area contributed by atoms with E-state index in [-0.39, 0.29) is 17.9 Å². The van der Waals surface area contributed by atoms with Crippen molar-refractivity contribution in [3.63, 3.8) is 0 Å². The van der Waals surface area contributed by atoms with Crippen molar-refractivity contribution in [3.8, 4) is 0 Å². The van der Waals surface area contributed by atoms with Crippen LogP contribution in [0.3, 0.4) is 0 Å². The highest BCUT2D eigenvalue weighted by Gasteiger charge is 2.23. The Kier molecular flexibility index (Phi) is 2.88. The van der Waals surface area contributed by atoms with Crippen LogP contribution in [0, 0.1) is 5.92 Å². The lowest BCUT2D eigenvalue weighted by molar-refractivity contribution is -0.126. The van der Waals surface area contributed by atoms with Crippen LogP contribution in [0.5, 0.6) is 0 Å². The zero-order valence-corrected chi connectivity index (χ0v) is 6.84. The second kappa shape index (κ2) is 3.72. The molecule has 0 bridgehead atoms. The van der Waals surface area contributed by atoms with Gasteiger partial charge in [-0.2, -0.15) is 0 Å². The second-order valence-electron chi connectivity index (χ2n) is 3.12. The second-order valence-corrected chi connectivity index (χ2v) is 3.12. The summed E-state index contributed by atoms with van der Waals surface area (Å²) in [6.45, 7) is 0. The third-order valence-corrected chi connectivity index (χ3v) is 2.31. The number of amides is 1. The first kappa shape index (κ1) is 8.53. The fourth-order valence-electron chi connectivity index (χ4n) is 1.54. The van der Waals surface area contributed by atoms with Crippen molar-refractivity contribution in [2.75, 3.05) is 7.05 Å². The molecule has 3 nitrogen and oxygen atoms in total. The van der Waals surface area contributed by atoms with Crippen LogP contribution in [0.2, 0.25) is 0 Å². The summed E-state index contributed by atoms with van der Waals surface area (Å²) in [6, 6.07) is 0. The normalized spacial score (nSPS) is 31.5. The van der Waals surface area contributed by atoms with Crippen molar-refractivity contribution in [2.24, 2.45) is 5.92 Å². The van der Waals surface area contributed by atoms with E-state index in [9.17, 15) is 4.79 Å². The van der Waals surface area contributed by atoms with Gasteiger partial charge in [-0.3, -0.25) is 4.79 Å². The molecule has 0 spiro atoms. The Morgan fingerprint density at radius 1 is 1.36 bits per heavy atom. The lowest BCUT2D eigenvalue weighted by Crippen LogP contribution is -2.31. The molecule has 1 amide bonds. The molecule has 0 unspecified atom stereocenters. The van der Waals surface area contributed by atoms with Crippen LogP contribution in [0.15, 0.2) is 0 Å². The van der Waals surface area contributed by atoms with E-state index >= 15 is 0 Å². The molecule has 1 rings (SSSR count). The minimum atomic E-state index is -0.170. The molecule has 2 N–H and O–H groups in total. The van der Waals surface area contributed by atoms with Gasteiger partial charge in [-0.15, -0.1) is 0 Å². The summed E-state index contributed by atoms with van der Waals surface area (Å²) in [7, 11) is 1.66. The van der Waals surface area contributed by atoms with Crippen LogP contribution in [-0.4, -0.2) is 24.2 Å². The topological polar surface area (TPSA) is 49.3 Å². The predicted octanol–water partition coefficient (Wildman–Crippen LogP) is 0.283. The summed E-state index contributed by atoms with van der Waals surface area (Å²) in [5, 5.41) is 11.8. The van der Waals surface area contributed by atoms with E-state index in [2.05, 4.69) is 5.32 Å². The fraction of sp³-hybridized carbons (Fsp3) is 0.875. The van der Waals surface area contributed by atoms with Crippen molar-refractivity contribution in [1.29, 1.82) is 0 Å². The SMILES string of the molecule is CNC(=O)[C@H]1CC[C@@H](O)CC1. The molecule has 0 saturated heterocycles. The molecule has 1 fully saturated rings. The van der Waals surface area contributed by atoms with E-state index < -0.39 is 0 Å². The molecule has 1 aliphatic rings. The van der Waals surface area contributed by atoms with Crippen molar-refractivity contribution < 1.29 is 9.90 Å². The Balaban J connectivity index is 2.33. The molecule has 0 aliphatic heterocycles. The van der Waals surface area contributed by atoms with Gasteiger partial charge in [0.1, 0.15) is 0 Å². The third kappa shape index (κ3) is 2.19. The van der Waals surface area contributed by atoms with Gasteiger partial charge in [-0.05, 0) is 25.7 Å². The number of nitrogens with one attached hydrogen (secondary N) is 1. The molecular formula is C8H15NO2. The molecule has 0 aromatic heterocycles. The van der Waals surface area contributed by atoms with E-state index in [1.807, 2.05) is 0 Å². The Morgan fingerprint density at radius 3 is 2.36 bits per heavy atom. The van der Waals surface area contributed by atoms with Crippen LogP contribution in [0.1, 0.15) is 25.7 Å². The number of hydrogen-bond acceptors (Lipinski definition) is 2. The number of hydrogen-bond donors (Lipinski definition) is 2. The zero-order chi connectivity index (χ0) is 8.27. The molecule has 0 radical (unpaired) electrons. The highest BCUT2D eigenvalue weighted by molar-refractivity contribution is 5.78. The van der Waals surface area contributed by atoms with Gasteiger partial charge in [0.05, 0.1) is 6.10 Å². The maximum atomic E-state index is 11.1. The van der Waals surface area contributed by atoms with Gasteiger partial charge in [0.15, 0.2) is 0 Å². The summed E-state index contributed by atoms with van der Waals surface area (Å²) in [5.41, 5.74) is 0. The largest absolute Gasteiger partial charge is 0.393 e. The Morgan fingerprint density at radius 2 is 1.91 bits per heavy atom. The molecular weight excluding hydrogens is 142 g/mol. The van der Waals surface area contributed by atoms with E-state index in [0.29, 0.717) is 0 Å². The van der Waals surface area contributed by atoms with Crippen LogP contribution in [-0.2, 0) is 4.79 Å². The minimum absolute atomic E-state index is 0.122. The molecule has 0 aromatic carbocycles. The first-order chi connectivity index (χ1) is 5.24. The van der Waals surface area contributed by atoms with Crippen LogP contribution in [0.4, 0.5) is 0 Å². The van der Waals surface area contributed by atoms with Gasteiger partial charge in [0.2, 0.25) is 5.91 Å². The molecule has 11 heavy (non-hydrogen) atoms. The summed E-state index contributed by atoms with van der Waals surface area (Å²) in [6.07, 6.45) is 3.05. The van der Waals surface area contributed by atoms with E-state index in [4.69, 9.17) is 5.11 Å². The predicted molar refractivity (Wildman–Crippen MR) is 42.0 cm³/mol. The van der Waals surface area contributed by atoms with E-state index in [1.54, 1.807) is 7.05 Å². The van der Waals surface area contributed by atoms with Gasteiger partial charge >= 0.3 is 0 Å². The number of aliphatic hydroxyl groups excluding tert-OH is 1. The Labute approximate surface area is 66.8 Å². The van der Waals surface area contributed by atoms with Crippen molar-refractivity contribution in [1.82, 2.24) is 5.32 Å². The Hall–Kier alpha value is -0.570. The fourth-order valence-corrected chi connectivity index (χ4v) is 1.54. The van der Waals surface area contributed by atoms with Crippen LogP contribution < -0.4 is 5.32 Å². The zero-order valence-electron chi connectivity index (χ0n) is 6.84. The van der Waals surface area contributed by atoms with Crippen molar-refractivity contribution in [2.45, 2.75) is 31.8 Å². The maximum Gasteiger partial charge on any atom is 0.222 e. The molecule has 1 aliphatic carbocycles. The van der Waals surface area contributed by atoms with Gasteiger partial charge in [0, 0.05) is 13.0 Å². The minimum Gasteiger partial charge on any atom is -0.393 e. The highest BCUT2D eigenvalue weighted by atomic mass is 16.3. The number of carbonyl (C=O) groups excluding carboxylic acids is 1. The average molecular weight is 157 g/mol. The summed E-state index contributed by atoms with van der Waals surface area (Å²) in [4.78, 5) is 11.1. The first-order valence-corrected chi connectivity index (χ1v) is 4.13. The number of aliphatic hydroxyl groups is 1. The summed E-state index contributed by atoms with van der Waals surface area (Å²) >= 11 is 0. The summed E-state index contributed by atoms with van der Waals surface area (Å²) < 4.78 is 0. The van der Waals surface area contributed by atoms with Gasteiger partial charge in [-0.25, -0.2) is 0 Å².